The lowest BCUT2D eigenvalue weighted by atomic mass is 9.96. The van der Waals surface area contributed by atoms with Gasteiger partial charge in [-0.1, -0.05) is 74.9 Å². The van der Waals surface area contributed by atoms with Gasteiger partial charge in [0, 0.05) is 5.92 Å². The minimum atomic E-state index is 0.205. The van der Waals surface area contributed by atoms with Crippen LogP contribution in [0.5, 0.6) is 5.75 Å². The summed E-state index contributed by atoms with van der Waals surface area (Å²) in [5, 5.41) is 0. The first-order chi connectivity index (χ1) is 15.4. The van der Waals surface area contributed by atoms with Crippen molar-refractivity contribution in [2.24, 2.45) is 5.92 Å². The Kier molecular flexibility index (Phi) is 6.64. The highest BCUT2D eigenvalue weighted by molar-refractivity contribution is 5.76. The molecule has 0 aliphatic heterocycles. The van der Waals surface area contributed by atoms with Gasteiger partial charge in [0.05, 0.1) is 17.6 Å². The van der Waals surface area contributed by atoms with Crippen LogP contribution in [0.1, 0.15) is 54.8 Å². The minimum absolute atomic E-state index is 0.205. The zero-order valence-corrected chi connectivity index (χ0v) is 19.9. The van der Waals surface area contributed by atoms with E-state index in [1.807, 2.05) is 0 Å². The molecule has 4 aromatic rings. The molecule has 3 nitrogen and oxygen atoms in total. The largest absolute Gasteiger partial charge is 0.491 e. The molecule has 1 unspecified atom stereocenters. The van der Waals surface area contributed by atoms with E-state index in [2.05, 4.69) is 106 Å². The summed E-state index contributed by atoms with van der Waals surface area (Å²) in [7, 11) is 0. The number of benzene rings is 3. The Balaban J connectivity index is 1.58. The number of rotatable bonds is 8. The predicted octanol–water partition coefficient (Wildman–Crippen LogP) is 7.08. The van der Waals surface area contributed by atoms with Gasteiger partial charge in [-0.3, -0.25) is 0 Å². The molecule has 0 aliphatic carbocycles. The summed E-state index contributed by atoms with van der Waals surface area (Å²) in [5.74, 6) is 2.92. The van der Waals surface area contributed by atoms with Crippen molar-refractivity contribution >= 4 is 11.0 Å². The van der Waals surface area contributed by atoms with Gasteiger partial charge < -0.3 is 9.30 Å². The second-order valence-corrected chi connectivity index (χ2v) is 9.29. The summed E-state index contributed by atoms with van der Waals surface area (Å²) in [4.78, 5) is 5.02. The first-order valence-corrected chi connectivity index (χ1v) is 11.7. The number of hydrogen-bond donors (Lipinski definition) is 0. The number of nitrogens with zero attached hydrogens (tertiary/aromatic N) is 2. The Morgan fingerprint density at radius 1 is 0.906 bits per heavy atom. The van der Waals surface area contributed by atoms with E-state index in [4.69, 9.17) is 9.72 Å². The molecule has 0 spiro atoms. The van der Waals surface area contributed by atoms with E-state index < -0.39 is 0 Å². The molecule has 1 atom stereocenters. The standard InChI is InChI=1S/C29H34N2O/c1-20(2)18-24-11-13-25(14-12-24)23(5)29-30-26-8-6-7-9-27(26)31(29)16-17-32-28-15-10-21(3)19-22(28)4/h6-15,19-20,23H,16-18H2,1-5H3. The van der Waals surface area contributed by atoms with Gasteiger partial charge in [-0.2, -0.15) is 0 Å². The fraction of sp³-hybridized carbons (Fsp3) is 0.345. The van der Waals surface area contributed by atoms with Gasteiger partial charge in [-0.25, -0.2) is 4.98 Å². The molecule has 0 aliphatic rings. The molecule has 0 bridgehead atoms. The summed E-state index contributed by atoms with van der Waals surface area (Å²) in [5.41, 5.74) is 7.32. The third kappa shape index (κ3) is 4.88. The quantitative estimate of drug-likeness (QED) is 0.301. The second kappa shape index (κ2) is 9.60. The molecule has 0 radical (unpaired) electrons. The lowest BCUT2D eigenvalue weighted by Gasteiger charge is -2.17. The molecule has 32 heavy (non-hydrogen) atoms. The number of aromatic nitrogens is 2. The molecule has 0 fully saturated rings. The normalized spacial score (nSPS) is 12.4. The van der Waals surface area contributed by atoms with Crippen molar-refractivity contribution in [1.82, 2.24) is 9.55 Å². The summed E-state index contributed by atoms with van der Waals surface area (Å²) in [6, 6.07) is 23.8. The van der Waals surface area contributed by atoms with Crippen molar-refractivity contribution in [3.05, 3.63) is 94.8 Å². The molecular formula is C29H34N2O. The molecule has 1 heterocycles. The van der Waals surface area contributed by atoms with Gasteiger partial charge in [0.1, 0.15) is 18.2 Å². The van der Waals surface area contributed by atoms with Gasteiger partial charge in [-0.05, 0) is 61.1 Å². The van der Waals surface area contributed by atoms with E-state index in [9.17, 15) is 0 Å². The highest BCUT2D eigenvalue weighted by atomic mass is 16.5. The predicted molar refractivity (Wildman–Crippen MR) is 134 cm³/mol. The zero-order chi connectivity index (χ0) is 22.7. The fourth-order valence-electron chi connectivity index (χ4n) is 4.43. The highest BCUT2D eigenvalue weighted by Gasteiger charge is 2.18. The maximum Gasteiger partial charge on any atom is 0.122 e. The number of imidazole rings is 1. The topological polar surface area (TPSA) is 27.1 Å². The van der Waals surface area contributed by atoms with E-state index in [0.29, 0.717) is 12.5 Å². The van der Waals surface area contributed by atoms with E-state index in [0.717, 1.165) is 35.6 Å². The number of ether oxygens (including phenoxy) is 1. The number of hydrogen-bond acceptors (Lipinski definition) is 2. The highest BCUT2D eigenvalue weighted by Crippen LogP contribution is 2.28. The average molecular weight is 427 g/mol. The van der Waals surface area contributed by atoms with Crippen LogP contribution in [-0.4, -0.2) is 16.2 Å². The van der Waals surface area contributed by atoms with Gasteiger partial charge >= 0.3 is 0 Å². The monoisotopic (exact) mass is 426 g/mol. The Hall–Kier alpha value is -3.07. The molecule has 0 saturated carbocycles. The summed E-state index contributed by atoms with van der Waals surface area (Å²) in [6.45, 7) is 12.4. The number of aryl methyl sites for hydroxylation is 2. The van der Waals surface area contributed by atoms with Gasteiger partial charge in [-0.15, -0.1) is 0 Å². The van der Waals surface area contributed by atoms with E-state index >= 15 is 0 Å². The summed E-state index contributed by atoms with van der Waals surface area (Å²) < 4.78 is 8.48. The average Bonchev–Trinajstić information content (AvgIpc) is 3.13. The van der Waals surface area contributed by atoms with Crippen molar-refractivity contribution in [1.29, 1.82) is 0 Å². The number of fused-ring (bicyclic) bond motifs is 1. The smallest absolute Gasteiger partial charge is 0.122 e. The van der Waals surface area contributed by atoms with Gasteiger partial charge in [0.15, 0.2) is 0 Å². The van der Waals surface area contributed by atoms with E-state index in [1.165, 1.54) is 22.3 Å². The Labute approximate surface area is 192 Å². The Morgan fingerprint density at radius 3 is 2.38 bits per heavy atom. The van der Waals surface area contributed by atoms with Crippen LogP contribution < -0.4 is 4.74 Å². The molecule has 0 saturated heterocycles. The van der Waals surface area contributed by atoms with Crippen molar-refractivity contribution < 1.29 is 4.74 Å². The first kappa shape index (κ1) is 22.1. The van der Waals surface area contributed by atoms with Gasteiger partial charge in [0.2, 0.25) is 0 Å². The molecule has 1 aromatic heterocycles. The van der Waals surface area contributed by atoms with E-state index in [-0.39, 0.29) is 5.92 Å². The van der Waals surface area contributed by atoms with Crippen molar-refractivity contribution in [2.75, 3.05) is 6.61 Å². The zero-order valence-electron chi connectivity index (χ0n) is 19.9. The third-order valence-electron chi connectivity index (χ3n) is 6.10. The molecule has 3 aromatic carbocycles. The number of para-hydroxylation sites is 2. The molecule has 3 heteroatoms. The SMILES string of the molecule is Cc1ccc(OCCn2c(C(C)c3ccc(CC(C)C)cc3)nc3ccccc32)c(C)c1. The third-order valence-corrected chi connectivity index (χ3v) is 6.10. The molecule has 4 rings (SSSR count). The van der Waals surface area contributed by atoms with Crippen LogP contribution in [0.25, 0.3) is 11.0 Å². The van der Waals surface area contributed by atoms with Crippen LogP contribution in [-0.2, 0) is 13.0 Å². The molecule has 166 valence electrons. The summed E-state index contributed by atoms with van der Waals surface area (Å²) in [6.07, 6.45) is 1.11. The molecule has 0 amide bonds. The van der Waals surface area contributed by atoms with Crippen LogP contribution in [0.4, 0.5) is 0 Å². The van der Waals surface area contributed by atoms with Crippen LogP contribution in [0.3, 0.4) is 0 Å². The second-order valence-electron chi connectivity index (χ2n) is 9.29. The van der Waals surface area contributed by atoms with Crippen molar-refractivity contribution in [3.63, 3.8) is 0 Å². The van der Waals surface area contributed by atoms with Crippen LogP contribution in [0.15, 0.2) is 66.7 Å². The van der Waals surface area contributed by atoms with Gasteiger partial charge in [0.25, 0.3) is 0 Å². The summed E-state index contributed by atoms with van der Waals surface area (Å²) >= 11 is 0. The van der Waals surface area contributed by atoms with Crippen molar-refractivity contribution in [2.45, 2.75) is 53.5 Å². The lowest BCUT2D eigenvalue weighted by Crippen LogP contribution is -2.14. The molecular weight excluding hydrogens is 392 g/mol. The maximum atomic E-state index is 6.16. The molecule has 0 N–H and O–H groups in total. The Morgan fingerprint density at radius 2 is 1.66 bits per heavy atom. The fourth-order valence-corrected chi connectivity index (χ4v) is 4.43. The van der Waals surface area contributed by atoms with Crippen LogP contribution in [0.2, 0.25) is 0 Å². The first-order valence-electron chi connectivity index (χ1n) is 11.7. The van der Waals surface area contributed by atoms with Crippen LogP contribution >= 0.6 is 0 Å². The maximum absolute atomic E-state index is 6.16. The van der Waals surface area contributed by atoms with E-state index in [1.54, 1.807) is 0 Å². The minimum Gasteiger partial charge on any atom is -0.491 e. The lowest BCUT2D eigenvalue weighted by molar-refractivity contribution is 0.296. The van der Waals surface area contributed by atoms with Crippen LogP contribution in [0, 0.1) is 19.8 Å². The van der Waals surface area contributed by atoms with Crippen molar-refractivity contribution in [3.8, 4) is 5.75 Å². The Bertz CT molecular complexity index is 1190.